The predicted molar refractivity (Wildman–Crippen MR) is 45.1 cm³/mol. The van der Waals surface area contributed by atoms with E-state index >= 15 is 0 Å². The molecule has 0 spiro atoms. The SMILES string of the molecule is C=NC1C2CC(C)CC1C(=O)O2. The summed E-state index contributed by atoms with van der Waals surface area (Å²) in [6.45, 7) is 5.66. The first-order chi connectivity index (χ1) is 5.72. The van der Waals surface area contributed by atoms with Crippen LogP contribution in [-0.4, -0.2) is 24.8 Å². The van der Waals surface area contributed by atoms with Gasteiger partial charge in [-0.15, -0.1) is 0 Å². The van der Waals surface area contributed by atoms with Gasteiger partial charge in [0.1, 0.15) is 6.10 Å². The molecule has 2 bridgehead atoms. The molecule has 0 aromatic carbocycles. The number of esters is 1. The highest BCUT2D eigenvalue weighted by Crippen LogP contribution is 2.39. The summed E-state index contributed by atoms with van der Waals surface area (Å²) in [6.07, 6.45) is 1.88. The molecular weight excluding hydrogens is 154 g/mol. The molecule has 0 aromatic heterocycles. The van der Waals surface area contributed by atoms with Crippen molar-refractivity contribution in [3.63, 3.8) is 0 Å². The standard InChI is InChI=1S/C9H13NO2/c1-5-3-6-8(10-2)7(4-5)12-9(6)11/h5-8H,2-4H2,1H3. The topological polar surface area (TPSA) is 38.7 Å². The molecule has 66 valence electrons. The number of rotatable bonds is 1. The molecule has 3 heteroatoms. The molecule has 1 saturated heterocycles. The Morgan fingerprint density at radius 2 is 2.33 bits per heavy atom. The van der Waals surface area contributed by atoms with Gasteiger partial charge in [0.25, 0.3) is 0 Å². The molecule has 2 rings (SSSR count). The third-order valence-corrected chi connectivity index (χ3v) is 2.87. The van der Waals surface area contributed by atoms with Crippen LogP contribution in [0.3, 0.4) is 0 Å². The van der Waals surface area contributed by atoms with E-state index in [1.54, 1.807) is 0 Å². The van der Waals surface area contributed by atoms with E-state index in [0.717, 1.165) is 12.8 Å². The second-order valence-electron chi connectivity index (χ2n) is 3.83. The van der Waals surface area contributed by atoms with Crippen LogP contribution in [0.2, 0.25) is 0 Å². The number of ether oxygens (including phenoxy) is 1. The van der Waals surface area contributed by atoms with Crippen molar-refractivity contribution in [2.24, 2.45) is 16.8 Å². The molecule has 1 aliphatic heterocycles. The summed E-state index contributed by atoms with van der Waals surface area (Å²) in [5.74, 6) is 0.516. The fraction of sp³-hybridized carbons (Fsp3) is 0.778. The van der Waals surface area contributed by atoms with E-state index in [-0.39, 0.29) is 24.0 Å². The summed E-state index contributed by atoms with van der Waals surface area (Å²) in [4.78, 5) is 15.2. The van der Waals surface area contributed by atoms with Crippen LogP contribution in [0.1, 0.15) is 19.8 Å². The molecule has 12 heavy (non-hydrogen) atoms. The summed E-state index contributed by atoms with van der Waals surface area (Å²) in [5, 5.41) is 0. The Bertz CT molecular complexity index is 227. The Morgan fingerprint density at radius 1 is 1.58 bits per heavy atom. The lowest BCUT2D eigenvalue weighted by Crippen LogP contribution is -2.33. The fourth-order valence-electron chi connectivity index (χ4n) is 2.30. The van der Waals surface area contributed by atoms with Crippen LogP contribution in [0.5, 0.6) is 0 Å². The highest BCUT2D eigenvalue weighted by Gasteiger charge is 2.48. The minimum Gasteiger partial charge on any atom is -0.460 e. The molecule has 4 unspecified atom stereocenters. The molecule has 3 nitrogen and oxygen atoms in total. The lowest BCUT2D eigenvalue weighted by Gasteiger charge is -2.26. The molecule has 0 amide bonds. The van der Waals surface area contributed by atoms with Gasteiger partial charge in [0.15, 0.2) is 0 Å². The summed E-state index contributed by atoms with van der Waals surface area (Å²) in [7, 11) is 0. The number of hydrogen-bond donors (Lipinski definition) is 0. The average Bonchev–Trinajstić information content (AvgIpc) is 2.20. The third-order valence-electron chi connectivity index (χ3n) is 2.87. The maximum absolute atomic E-state index is 11.3. The van der Waals surface area contributed by atoms with Crippen LogP contribution in [0.15, 0.2) is 4.99 Å². The number of carbonyl (C=O) groups excluding carboxylic acids is 1. The van der Waals surface area contributed by atoms with E-state index in [1.807, 2.05) is 0 Å². The van der Waals surface area contributed by atoms with Crippen molar-refractivity contribution in [2.45, 2.75) is 31.9 Å². The summed E-state index contributed by atoms with van der Waals surface area (Å²) in [6, 6.07) is 0.0358. The molecule has 1 saturated carbocycles. The second kappa shape index (κ2) is 2.57. The summed E-state index contributed by atoms with van der Waals surface area (Å²) < 4.78 is 5.19. The van der Waals surface area contributed by atoms with E-state index in [0.29, 0.717) is 5.92 Å². The van der Waals surface area contributed by atoms with Crippen LogP contribution in [0, 0.1) is 11.8 Å². The van der Waals surface area contributed by atoms with E-state index in [2.05, 4.69) is 18.6 Å². The van der Waals surface area contributed by atoms with Crippen molar-refractivity contribution in [3.8, 4) is 0 Å². The number of aliphatic imine (C=N–C) groups is 1. The Balaban J connectivity index is 2.23. The molecule has 0 N–H and O–H groups in total. The van der Waals surface area contributed by atoms with Crippen LogP contribution >= 0.6 is 0 Å². The second-order valence-corrected chi connectivity index (χ2v) is 3.83. The minimum atomic E-state index is -0.0678. The third kappa shape index (κ3) is 0.958. The molecule has 4 atom stereocenters. The van der Waals surface area contributed by atoms with Crippen molar-refractivity contribution in [1.29, 1.82) is 0 Å². The largest absolute Gasteiger partial charge is 0.460 e. The lowest BCUT2D eigenvalue weighted by molar-refractivity contribution is -0.143. The van der Waals surface area contributed by atoms with Crippen LogP contribution in [-0.2, 0) is 9.53 Å². The van der Waals surface area contributed by atoms with Crippen molar-refractivity contribution in [2.75, 3.05) is 0 Å². The molecular formula is C9H13NO2. The van der Waals surface area contributed by atoms with Gasteiger partial charge < -0.3 is 4.74 Å². The van der Waals surface area contributed by atoms with Gasteiger partial charge >= 0.3 is 5.97 Å². The first-order valence-corrected chi connectivity index (χ1v) is 4.38. The number of fused-ring (bicyclic) bond motifs is 2. The molecule has 0 aromatic rings. The Kier molecular flexibility index (Phi) is 1.67. The number of carbonyl (C=O) groups is 1. The van der Waals surface area contributed by atoms with Crippen molar-refractivity contribution >= 4 is 12.7 Å². The van der Waals surface area contributed by atoms with Crippen LogP contribution in [0.4, 0.5) is 0 Å². The quantitative estimate of drug-likeness (QED) is 0.432. The monoisotopic (exact) mass is 167 g/mol. The molecule has 1 heterocycles. The highest BCUT2D eigenvalue weighted by molar-refractivity contribution is 5.76. The van der Waals surface area contributed by atoms with E-state index in [1.165, 1.54) is 0 Å². The summed E-state index contributed by atoms with van der Waals surface area (Å²) >= 11 is 0. The lowest BCUT2D eigenvalue weighted by atomic mass is 9.79. The van der Waals surface area contributed by atoms with E-state index in [9.17, 15) is 4.79 Å². The Morgan fingerprint density at radius 3 is 2.92 bits per heavy atom. The van der Waals surface area contributed by atoms with Gasteiger partial charge in [0, 0.05) is 0 Å². The normalized spacial score (nSPS) is 45.6. The van der Waals surface area contributed by atoms with Gasteiger partial charge in [-0.1, -0.05) is 6.92 Å². The number of hydrogen-bond acceptors (Lipinski definition) is 3. The van der Waals surface area contributed by atoms with Gasteiger partial charge in [-0.25, -0.2) is 0 Å². The smallest absolute Gasteiger partial charge is 0.311 e. The molecule has 0 radical (unpaired) electrons. The molecule has 2 aliphatic rings. The minimum absolute atomic E-state index is 0.00347. The average molecular weight is 167 g/mol. The fourth-order valence-corrected chi connectivity index (χ4v) is 2.30. The van der Waals surface area contributed by atoms with Crippen molar-refractivity contribution in [3.05, 3.63) is 0 Å². The predicted octanol–water partition coefficient (Wildman–Crippen LogP) is 1.03. The molecule has 2 fully saturated rings. The van der Waals surface area contributed by atoms with Gasteiger partial charge in [-0.3, -0.25) is 9.79 Å². The maximum Gasteiger partial charge on any atom is 0.311 e. The Hall–Kier alpha value is -0.860. The van der Waals surface area contributed by atoms with E-state index < -0.39 is 0 Å². The van der Waals surface area contributed by atoms with Gasteiger partial charge in [0.2, 0.25) is 0 Å². The van der Waals surface area contributed by atoms with Crippen LogP contribution in [0.25, 0.3) is 0 Å². The van der Waals surface area contributed by atoms with Crippen LogP contribution < -0.4 is 0 Å². The van der Waals surface area contributed by atoms with Gasteiger partial charge in [-0.05, 0) is 25.5 Å². The van der Waals surface area contributed by atoms with Gasteiger partial charge in [0.05, 0.1) is 12.0 Å². The van der Waals surface area contributed by atoms with Crippen molar-refractivity contribution in [1.82, 2.24) is 0 Å². The van der Waals surface area contributed by atoms with Crippen molar-refractivity contribution < 1.29 is 9.53 Å². The zero-order valence-corrected chi connectivity index (χ0v) is 7.19. The summed E-state index contributed by atoms with van der Waals surface area (Å²) in [5.41, 5.74) is 0. The maximum atomic E-state index is 11.3. The van der Waals surface area contributed by atoms with Gasteiger partial charge in [-0.2, -0.15) is 0 Å². The van der Waals surface area contributed by atoms with E-state index in [4.69, 9.17) is 4.74 Å². The Labute approximate surface area is 71.8 Å². The number of nitrogens with zero attached hydrogens (tertiary/aromatic N) is 1. The first-order valence-electron chi connectivity index (χ1n) is 4.38. The zero-order chi connectivity index (χ0) is 8.72. The molecule has 1 aliphatic carbocycles. The first kappa shape index (κ1) is 7.77. The highest BCUT2D eigenvalue weighted by atomic mass is 16.6. The zero-order valence-electron chi connectivity index (χ0n) is 7.19.